The van der Waals surface area contributed by atoms with Crippen molar-refractivity contribution in [1.29, 1.82) is 0 Å². The van der Waals surface area contributed by atoms with Gasteiger partial charge in [-0.3, -0.25) is 20.1 Å². The van der Waals surface area contributed by atoms with Gasteiger partial charge in [-0.1, -0.05) is 49.6 Å². The summed E-state index contributed by atoms with van der Waals surface area (Å²) in [7, 11) is 6.23. The van der Waals surface area contributed by atoms with Gasteiger partial charge in [-0.2, -0.15) is 9.97 Å². The Kier molecular flexibility index (Phi) is 9.53. The van der Waals surface area contributed by atoms with Gasteiger partial charge in [0.05, 0.1) is 18.1 Å². The van der Waals surface area contributed by atoms with Gasteiger partial charge in [0.15, 0.2) is 17.0 Å². The van der Waals surface area contributed by atoms with Crippen LogP contribution in [0, 0.1) is 0 Å². The van der Waals surface area contributed by atoms with E-state index in [0.29, 0.717) is 29.2 Å². The second-order valence-corrected chi connectivity index (χ2v) is 12.6. The first kappa shape index (κ1) is 30.9. The Morgan fingerprint density at radius 1 is 0.978 bits per heavy atom. The minimum Gasteiger partial charge on any atom is -0.368 e. The van der Waals surface area contributed by atoms with Crippen molar-refractivity contribution >= 4 is 28.8 Å². The highest BCUT2D eigenvalue weighted by Crippen LogP contribution is 2.30. The molecular weight excluding hydrogens is 566 g/mol. The number of benzene rings is 1. The maximum Gasteiger partial charge on any atom is 0.288 e. The largest absolute Gasteiger partial charge is 0.368 e. The number of rotatable bonds is 10. The third kappa shape index (κ3) is 7.41. The summed E-state index contributed by atoms with van der Waals surface area (Å²) >= 11 is 0. The summed E-state index contributed by atoms with van der Waals surface area (Å²) in [4.78, 5) is 39.4. The van der Waals surface area contributed by atoms with E-state index >= 15 is 0 Å². The first-order valence-electron chi connectivity index (χ1n) is 16.0. The number of hydrogen-bond donors (Lipinski definition) is 2. The van der Waals surface area contributed by atoms with E-state index in [9.17, 15) is 4.79 Å². The molecule has 1 amide bonds. The topological polar surface area (TPSA) is 125 Å². The van der Waals surface area contributed by atoms with Crippen LogP contribution in [0.4, 0.5) is 11.8 Å². The Morgan fingerprint density at radius 2 is 1.73 bits per heavy atom. The van der Waals surface area contributed by atoms with Crippen LogP contribution >= 0.6 is 0 Å². The summed E-state index contributed by atoms with van der Waals surface area (Å²) in [5.74, 6) is 0.371. The highest BCUT2D eigenvalue weighted by molar-refractivity contribution is 5.95. The summed E-state index contributed by atoms with van der Waals surface area (Å²) in [6, 6.07) is 14.1. The quantitative estimate of drug-likeness (QED) is 0.258. The number of nitrogens with one attached hydrogen (secondary N) is 1. The van der Waals surface area contributed by atoms with E-state index in [2.05, 4.69) is 66.4 Å². The number of aromatic nitrogens is 5. The van der Waals surface area contributed by atoms with Crippen LogP contribution in [0.15, 0.2) is 48.8 Å². The highest BCUT2D eigenvalue weighted by atomic mass is 16.2. The Bertz CT molecular complexity index is 1590. The van der Waals surface area contributed by atoms with Crippen molar-refractivity contribution in [2.75, 3.05) is 64.6 Å². The van der Waals surface area contributed by atoms with E-state index in [4.69, 9.17) is 10.7 Å². The molecule has 2 aliphatic rings. The number of piperazine rings is 1. The Balaban J connectivity index is 1.23. The number of nitrogens with zero attached hydrogens (tertiary/aromatic N) is 9. The first-order chi connectivity index (χ1) is 21.8. The Hall–Kier alpha value is -4.13. The monoisotopic (exact) mass is 611 g/mol. The van der Waals surface area contributed by atoms with Gasteiger partial charge in [0.2, 0.25) is 5.95 Å². The molecule has 3 aromatic heterocycles. The molecule has 12 nitrogen and oxygen atoms in total. The third-order valence-electron chi connectivity index (χ3n) is 8.87. The molecule has 3 N–H and O–H groups in total. The molecular formula is C33H45N11O. The van der Waals surface area contributed by atoms with Gasteiger partial charge in [0, 0.05) is 51.4 Å². The van der Waals surface area contributed by atoms with Gasteiger partial charge in [0.1, 0.15) is 5.69 Å². The van der Waals surface area contributed by atoms with Crippen molar-refractivity contribution in [1.82, 2.24) is 44.6 Å². The van der Waals surface area contributed by atoms with Crippen molar-refractivity contribution < 1.29 is 4.79 Å². The number of likely N-dealkylation sites (N-methyl/N-ethyl adjacent to an activating group) is 2. The molecule has 0 radical (unpaired) electrons. The zero-order valence-electron chi connectivity index (χ0n) is 26.7. The number of imidazole rings is 1. The minimum atomic E-state index is -0.300. The number of carbonyl (C=O) groups excluding carboxylic acids is 1. The zero-order chi connectivity index (χ0) is 31.3. The fourth-order valence-electron chi connectivity index (χ4n) is 6.18. The highest BCUT2D eigenvalue weighted by Gasteiger charge is 2.28. The van der Waals surface area contributed by atoms with E-state index < -0.39 is 0 Å². The molecule has 6 rings (SSSR count). The third-order valence-corrected chi connectivity index (χ3v) is 8.87. The van der Waals surface area contributed by atoms with Gasteiger partial charge in [0.25, 0.3) is 5.91 Å². The Labute approximate surface area is 265 Å². The van der Waals surface area contributed by atoms with Crippen molar-refractivity contribution in [2.24, 2.45) is 0 Å². The number of nitrogen functional groups attached to an aromatic ring is 1. The number of hydrazine groups is 1. The van der Waals surface area contributed by atoms with Gasteiger partial charge in [-0.05, 0) is 51.7 Å². The van der Waals surface area contributed by atoms with Gasteiger partial charge in [-0.15, -0.1) is 0 Å². The number of fused-ring (bicyclic) bond motifs is 1. The van der Waals surface area contributed by atoms with Gasteiger partial charge >= 0.3 is 0 Å². The molecule has 12 heteroatoms. The van der Waals surface area contributed by atoms with E-state index in [1.165, 1.54) is 12.0 Å². The van der Waals surface area contributed by atoms with Crippen LogP contribution in [0.1, 0.15) is 48.2 Å². The maximum atomic E-state index is 13.8. The summed E-state index contributed by atoms with van der Waals surface area (Å²) in [5.41, 5.74) is 14.0. The summed E-state index contributed by atoms with van der Waals surface area (Å²) in [6.07, 6.45) is 6.97. The van der Waals surface area contributed by atoms with E-state index in [1.54, 1.807) is 12.4 Å². The average molecular weight is 612 g/mol. The summed E-state index contributed by atoms with van der Waals surface area (Å²) in [6.45, 7) is 6.85. The van der Waals surface area contributed by atoms with Crippen LogP contribution < -0.4 is 16.2 Å². The second kappa shape index (κ2) is 13.9. The second-order valence-electron chi connectivity index (χ2n) is 12.6. The van der Waals surface area contributed by atoms with Crippen LogP contribution in [0.2, 0.25) is 0 Å². The normalized spacial score (nSPS) is 16.8. The van der Waals surface area contributed by atoms with E-state index in [-0.39, 0.29) is 17.9 Å². The lowest BCUT2D eigenvalue weighted by Gasteiger charge is -2.35. The molecule has 1 aliphatic heterocycles. The zero-order valence-corrected chi connectivity index (χ0v) is 26.7. The number of anilines is 2. The number of amides is 1. The fraction of sp³-hybridized carbons (Fsp3) is 0.485. The molecule has 0 bridgehead atoms. The van der Waals surface area contributed by atoms with Crippen molar-refractivity contribution in [3.05, 3.63) is 60.0 Å². The molecule has 0 unspecified atom stereocenters. The molecule has 0 spiro atoms. The van der Waals surface area contributed by atoms with Crippen LogP contribution in [-0.2, 0) is 13.1 Å². The van der Waals surface area contributed by atoms with Gasteiger partial charge in [-0.25, -0.2) is 9.97 Å². The van der Waals surface area contributed by atoms with Crippen LogP contribution in [0.3, 0.4) is 0 Å². The smallest absolute Gasteiger partial charge is 0.288 e. The van der Waals surface area contributed by atoms with Crippen molar-refractivity contribution in [2.45, 2.75) is 51.2 Å². The standard InChI is InChI=1S/C33H45N11O/c1-40(2)16-21-43-23-35-29-30(43)37-33(34)38-31(29)44(26-8-5-4-6-9-26)39-32(45)28-11-7-10-27(36-28)25-14-12-24(13-15-25)22-42-19-17-41(3)18-20-42/h7,10-15,23,26H,4-6,8-9,16-22H2,1-3H3,(H,39,45)(H2,34,37,38). The molecule has 45 heavy (non-hydrogen) atoms. The molecule has 1 saturated heterocycles. The first-order valence-corrected chi connectivity index (χ1v) is 16.0. The van der Waals surface area contributed by atoms with Crippen molar-refractivity contribution in [3.8, 4) is 11.3 Å². The number of hydrogen-bond acceptors (Lipinski definition) is 10. The van der Waals surface area contributed by atoms with Gasteiger partial charge < -0.3 is 20.1 Å². The Morgan fingerprint density at radius 3 is 2.47 bits per heavy atom. The van der Waals surface area contributed by atoms with Crippen molar-refractivity contribution in [3.63, 3.8) is 0 Å². The lowest BCUT2D eigenvalue weighted by atomic mass is 9.95. The lowest BCUT2D eigenvalue weighted by Crippen LogP contribution is -2.50. The van der Waals surface area contributed by atoms with Crippen LogP contribution in [-0.4, -0.2) is 105 Å². The molecule has 1 saturated carbocycles. The molecule has 238 valence electrons. The molecule has 4 heterocycles. The maximum absolute atomic E-state index is 13.8. The number of pyridine rings is 1. The predicted octanol–water partition coefficient (Wildman–Crippen LogP) is 3.26. The molecule has 1 aromatic carbocycles. The lowest BCUT2D eigenvalue weighted by molar-refractivity contribution is 0.0936. The van der Waals surface area contributed by atoms with Crippen LogP contribution in [0.25, 0.3) is 22.4 Å². The minimum absolute atomic E-state index is 0.0585. The summed E-state index contributed by atoms with van der Waals surface area (Å²) < 4.78 is 1.99. The SMILES string of the molecule is CN(C)CCn1cnc2c(N(NC(=O)c3cccc(-c4ccc(CN5CCN(C)CC5)cc4)n3)C3CCCCC3)nc(N)nc21. The van der Waals surface area contributed by atoms with E-state index in [0.717, 1.165) is 76.2 Å². The molecule has 4 aromatic rings. The molecule has 1 aliphatic carbocycles. The fourth-order valence-corrected chi connectivity index (χ4v) is 6.18. The van der Waals surface area contributed by atoms with E-state index in [1.807, 2.05) is 35.8 Å². The number of carbonyl (C=O) groups is 1. The average Bonchev–Trinajstić information content (AvgIpc) is 3.46. The molecule has 0 atom stereocenters. The number of nitrogens with two attached hydrogens (primary N) is 1. The summed E-state index contributed by atoms with van der Waals surface area (Å²) in [5, 5.41) is 1.87. The molecule has 2 fully saturated rings. The van der Waals surface area contributed by atoms with Crippen LogP contribution in [0.5, 0.6) is 0 Å². The predicted molar refractivity (Wildman–Crippen MR) is 178 cm³/mol.